The molecule has 2 amide bonds. The van der Waals surface area contributed by atoms with E-state index in [9.17, 15) is 9.59 Å². The summed E-state index contributed by atoms with van der Waals surface area (Å²) in [7, 11) is 0. The van der Waals surface area contributed by atoms with Crippen LogP contribution in [0.25, 0.3) is 0 Å². The van der Waals surface area contributed by atoms with Crippen LogP contribution in [0, 0.1) is 23.2 Å². The van der Waals surface area contributed by atoms with Crippen LogP contribution in [0.3, 0.4) is 0 Å². The molecule has 0 aliphatic heterocycles. The Morgan fingerprint density at radius 2 is 1.83 bits per heavy atom. The molecule has 1 aromatic heterocycles. The van der Waals surface area contributed by atoms with E-state index in [-0.39, 0.29) is 17.2 Å². The smallest absolute Gasteiger partial charge is 0.242 e. The average molecular weight is 330 g/mol. The van der Waals surface area contributed by atoms with E-state index in [2.05, 4.69) is 10.6 Å². The van der Waals surface area contributed by atoms with Crippen molar-refractivity contribution < 1.29 is 14.0 Å². The molecule has 5 nitrogen and oxygen atoms in total. The number of hydrogen-bond donors (Lipinski definition) is 2. The van der Waals surface area contributed by atoms with E-state index in [4.69, 9.17) is 4.42 Å². The molecule has 4 aliphatic carbocycles. The Morgan fingerprint density at radius 3 is 2.38 bits per heavy atom. The second-order valence-electron chi connectivity index (χ2n) is 8.19. The average Bonchev–Trinajstić information content (AvgIpc) is 3.04. The highest BCUT2D eigenvalue weighted by molar-refractivity contribution is 5.90. The lowest BCUT2D eigenvalue weighted by atomic mass is 9.49. The van der Waals surface area contributed by atoms with Gasteiger partial charge in [0.25, 0.3) is 0 Å². The van der Waals surface area contributed by atoms with Crippen molar-refractivity contribution in [2.75, 3.05) is 0 Å². The van der Waals surface area contributed by atoms with Crippen LogP contribution in [-0.2, 0) is 16.1 Å². The number of amides is 2. The standard InChI is InChI=1S/C19H26N2O3/c1-12(17(22)20-11-16-3-2-4-24-16)21-18(23)19-8-13-5-14(9-19)7-15(6-13)10-19/h2-4,12-15H,5-11H2,1H3,(H,20,22)(H,21,23)/t12-,13?,14?,15?,19?/m1/s1. The van der Waals surface area contributed by atoms with Gasteiger partial charge in [0.05, 0.1) is 12.8 Å². The Kier molecular flexibility index (Phi) is 3.89. The number of rotatable bonds is 5. The minimum Gasteiger partial charge on any atom is -0.467 e. The topological polar surface area (TPSA) is 71.3 Å². The van der Waals surface area contributed by atoms with Crippen molar-refractivity contribution in [2.45, 2.75) is 58.0 Å². The van der Waals surface area contributed by atoms with E-state index < -0.39 is 6.04 Å². The van der Waals surface area contributed by atoms with Crippen LogP contribution in [0.15, 0.2) is 22.8 Å². The highest BCUT2D eigenvalue weighted by atomic mass is 16.3. The van der Waals surface area contributed by atoms with E-state index >= 15 is 0 Å². The van der Waals surface area contributed by atoms with E-state index in [1.54, 1.807) is 19.3 Å². The summed E-state index contributed by atoms with van der Waals surface area (Å²) in [6.45, 7) is 2.11. The molecule has 4 saturated carbocycles. The Morgan fingerprint density at radius 1 is 1.21 bits per heavy atom. The number of carbonyl (C=O) groups excluding carboxylic acids is 2. The van der Waals surface area contributed by atoms with Crippen molar-refractivity contribution in [1.82, 2.24) is 10.6 Å². The molecule has 24 heavy (non-hydrogen) atoms. The lowest BCUT2D eigenvalue weighted by Crippen LogP contribution is -2.56. The van der Waals surface area contributed by atoms with Gasteiger partial charge in [-0.25, -0.2) is 0 Å². The van der Waals surface area contributed by atoms with Crippen LogP contribution in [0.2, 0.25) is 0 Å². The molecule has 0 aromatic carbocycles. The van der Waals surface area contributed by atoms with Crippen molar-refractivity contribution in [3.63, 3.8) is 0 Å². The first-order valence-electron chi connectivity index (χ1n) is 9.15. The van der Waals surface area contributed by atoms with Crippen molar-refractivity contribution in [3.8, 4) is 0 Å². The summed E-state index contributed by atoms with van der Waals surface area (Å²) in [5, 5.41) is 5.80. The van der Waals surface area contributed by atoms with Gasteiger partial charge in [-0.15, -0.1) is 0 Å². The first-order chi connectivity index (χ1) is 11.5. The van der Waals surface area contributed by atoms with Gasteiger partial charge in [-0.05, 0) is 75.3 Å². The fourth-order valence-corrected chi connectivity index (χ4v) is 5.54. The highest BCUT2D eigenvalue weighted by Gasteiger charge is 2.54. The Hall–Kier alpha value is -1.78. The summed E-state index contributed by atoms with van der Waals surface area (Å²) in [6.07, 6.45) is 8.57. The Bertz CT molecular complexity index is 587. The molecule has 1 aromatic rings. The number of nitrogens with one attached hydrogen (secondary N) is 2. The molecular formula is C19H26N2O3. The largest absolute Gasteiger partial charge is 0.467 e. The zero-order chi connectivity index (χ0) is 16.7. The van der Waals surface area contributed by atoms with Gasteiger partial charge in [0, 0.05) is 5.41 Å². The molecule has 1 heterocycles. The molecule has 130 valence electrons. The maximum atomic E-state index is 12.9. The Balaban J connectivity index is 1.34. The van der Waals surface area contributed by atoms with Crippen LogP contribution in [0.1, 0.15) is 51.2 Å². The summed E-state index contributed by atoms with van der Waals surface area (Å²) in [4.78, 5) is 25.2. The molecule has 0 radical (unpaired) electrons. The van der Waals surface area contributed by atoms with Crippen LogP contribution < -0.4 is 10.6 Å². The molecule has 5 heteroatoms. The summed E-state index contributed by atoms with van der Waals surface area (Å²) in [5.41, 5.74) is -0.204. The third-order valence-electron chi connectivity index (χ3n) is 6.28. The normalized spacial score (nSPS) is 34.8. The molecule has 0 unspecified atom stereocenters. The van der Waals surface area contributed by atoms with Crippen molar-refractivity contribution in [1.29, 1.82) is 0 Å². The van der Waals surface area contributed by atoms with Gasteiger partial charge in [0.2, 0.25) is 11.8 Å². The van der Waals surface area contributed by atoms with Gasteiger partial charge in [-0.2, -0.15) is 0 Å². The quantitative estimate of drug-likeness (QED) is 0.872. The fourth-order valence-electron chi connectivity index (χ4n) is 5.54. The predicted molar refractivity (Wildman–Crippen MR) is 88.8 cm³/mol. The van der Waals surface area contributed by atoms with Crippen molar-refractivity contribution >= 4 is 11.8 Å². The lowest BCUT2D eigenvalue weighted by Gasteiger charge is -2.55. The first kappa shape index (κ1) is 15.7. The second kappa shape index (κ2) is 5.94. The first-order valence-corrected chi connectivity index (χ1v) is 9.15. The van der Waals surface area contributed by atoms with Crippen LogP contribution in [0.4, 0.5) is 0 Å². The number of carbonyl (C=O) groups is 2. The van der Waals surface area contributed by atoms with Crippen LogP contribution in [0.5, 0.6) is 0 Å². The van der Waals surface area contributed by atoms with E-state index in [0.29, 0.717) is 12.3 Å². The fraction of sp³-hybridized carbons (Fsp3) is 0.684. The molecule has 1 atom stereocenters. The van der Waals surface area contributed by atoms with E-state index in [1.807, 2.05) is 6.07 Å². The predicted octanol–water partition coefficient (Wildman–Crippen LogP) is 2.62. The van der Waals surface area contributed by atoms with Gasteiger partial charge in [0.15, 0.2) is 0 Å². The van der Waals surface area contributed by atoms with Crippen molar-refractivity contribution in [3.05, 3.63) is 24.2 Å². The molecule has 0 spiro atoms. The van der Waals surface area contributed by atoms with Gasteiger partial charge in [0.1, 0.15) is 11.8 Å². The van der Waals surface area contributed by atoms with Gasteiger partial charge in [-0.1, -0.05) is 0 Å². The molecular weight excluding hydrogens is 304 g/mol. The summed E-state index contributed by atoms with van der Waals surface area (Å²) < 4.78 is 5.21. The third-order valence-corrected chi connectivity index (χ3v) is 6.28. The van der Waals surface area contributed by atoms with Crippen molar-refractivity contribution in [2.24, 2.45) is 23.2 Å². The summed E-state index contributed by atoms with van der Waals surface area (Å²) >= 11 is 0. The van der Waals surface area contributed by atoms with E-state index in [1.165, 1.54) is 19.3 Å². The summed E-state index contributed by atoms with van der Waals surface area (Å²) in [5.74, 6) is 2.83. The third kappa shape index (κ3) is 2.85. The van der Waals surface area contributed by atoms with Crippen LogP contribution in [-0.4, -0.2) is 17.9 Å². The number of hydrogen-bond acceptors (Lipinski definition) is 3. The zero-order valence-corrected chi connectivity index (χ0v) is 14.2. The SMILES string of the molecule is C[C@@H](NC(=O)C12CC3CC(CC(C3)C1)C2)C(=O)NCc1ccco1. The zero-order valence-electron chi connectivity index (χ0n) is 14.2. The molecule has 2 N–H and O–H groups in total. The maximum Gasteiger partial charge on any atom is 0.242 e. The lowest BCUT2D eigenvalue weighted by molar-refractivity contribution is -0.148. The summed E-state index contributed by atoms with van der Waals surface area (Å²) in [6, 6.07) is 3.10. The second-order valence-corrected chi connectivity index (χ2v) is 8.19. The monoisotopic (exact) mass is 330 g/mol. The molecule has 4 fully saturated rings. The van der Waals surface area contributed by atoms with Gasteiger partial charge >= 0.3 is 0 Å². The minimum atomic E-state index is -0.513. The van der Waals surface area contributed by atoms with Crippen LogP contribution >= 0.6 is 0 Å². The minimum absolute atomic E-state index is 0.0993. The maximum absolute atomic E-state index is 12.9. The van der Waals surface area contributed by atoms with E-state index in [0.717, 1.165) is 37.0 Å². The molecule has 4 bridgehead atoms. The molecule has 5 rings (SSSR count). The van der Waals surface area contributed by atoms with Gasteiger partial charge in [-0.3, -0.25) is 9.59 Å². The molecule has 0 saturated heterocycles. The Labute approximate surface area is 142 Å². The number of furan rings is 1. The van der Waals surface area contributed by atoms with Gasteiger partial charge < -0.3 is 15.1 Å². The highest BCUT2D eigenvalue weighted by Crippen LogP contribution is 2.60. The molecule has 4 aliphatic rings.